The minimum absolute atomic E-state index is 0.183. The van der Waals surface area contributed by atoms with Gasteiger partial charge in [-0.2, -0.15) is 0 Å². The van der Waals surface area contributed by atoms with E-state index in [0.29, 0.717) is 0 Å². The summed E-state index contributed by atoms with van der Waals surface area (Å²) in [6.07, 6.45) is 3.37. The molecule has 4 nitrogen and oxygen atoms in total. The number of benzene rings is 1. The maximum atomic E-state index is 8.76. The Labute approximate surface area is 108 Å². The molecule has 1 aromatic carbocycles. The van der Waals surface area contributed by atoms with E-state index in [9.17, 15) is 0 Å². The lowest BCUT2D eigenvalue weighted by atomic mass is 10.2. The van der Waals surface area contributed by atoms with E-state index in [-0.39, 0.29) is 6.61 Å². The van der Waals surface area contributed by atoms with E-state index in [2.05, 4.69) is 26.2 Å². The Morgan fingerprint density at radius 2 is 2.24 bits per heavy atom. The molecule has 0 saturated carbocycles. The molecule has 0 radical (unpaired) electrons. The molecule has 1 N–H and O–H groups in total. The molecule has 1 heterocycles. The van der Waals surface area contributed by atoms with Crippen LogP contribution in [0.2, 0.25) is 0 Å². The molecule has 90 valence electrons. The monoisotopic (exact) mass is 295 g/mol. The van der Waals surface area contributed by atoms with Gasteiger partial charge in [0.05, 0.1) is 17.6 Å². The highest BCUT2D eigenvalue weighted by Crippen LogP contribution is 2.19. The van der Waals surface area contributed by atoms with Gasteiger partial charge in [-0.25, -0.2) is 4.68 Å². The topological polar surface area (TPSA) is 50.9 Å². The van der Waals surface area contributed by atoms with E-state index in [1.54, 1.807) is 4.68 Å². The van der Waals surface area contributed by atoms with Crippen LogP contribution in [0.4, 0.5) is 0 Å². The Morgan fingerprint density at radius 3 is 2.94 bits per heavy atom. The van der Waals surface area contributed by atoms with Crippen molar-refractivity contribution in [3.63, 3.8) is 0 Å². The van der Waals surface area contributed by atoms with Crippen LogP contribution in [-0.4, -0.2) is 26.7 Å². The Balaban J connectivity index is 2.21. The maximum Gasteiger partial charge on any atom is 0.0832 e. The van der Waals surface area contributed by atoms with Gasteiger partial charge in [-0.1, -0.05) is 27.2 Å². The number of rotatable bonds is 4. The van der Waals surface area contributed by atoms with Crippen LogP contribution in [0.15, 0.2) is 28.9 Å². The summed E-state index contributed by atoms with van der Waals surface area (Å²) in [6.45, 7) is 2.23. The highest BCUT2D eigenvalue weighted by molar-refractivity contribution is 9.10. The number of aliphatic hydroxyl groups is 1. The number of aryl methyl sites for hydroxylation is 2. The first-order valence-corrected chi connectivity index (χ1v) is 6.28. The first-order chi connectivity index (χ1) is 8.20. The van der Waals surface area contributed by atoms with Gasteiger partial charge in [0.1, 0.15) is 0 Å². The van der Waals surface area contributed by atoms with E-state index in [0.717, 1.165) is 28.7 Å². The summed E-state index contributed by atoms with van der Waals surface area (Å²) in [4.78, 5) is 0. The molecule has 0 aliphatic rings. The van der Waals surface area contributed by atoms with E-state index in [1.807, 2.05) is 31.3 Å². The fourth-order valence-corrected chi connectivity index (χ4v) is 1.89. The van der Waals surface area contributed by atoms with Crippen molar-refractivity contribution in [1.82, 2.24) is 15.0 Å². The first-order valence-electron chi connectivity index (χ1n) is 5.49. The molecule has 2 aromatic rings. The van der Waals surface area contributed by atoms with Crippen molar-refractivity contribution in [2.45, 2.75) is 19.8 Å². The van der Waals surface area contributed by atoms with E-state index >= 15 is 0 Å². The number of hydrogen-bond acceptors (Lipinski definition) is 3. The van der Waals surface area contributed by atoms with E-state index in [4.69, 9.17) is 5.11 Å². The average Bonchev–Trinajstić information content (AvgIpc) is 2.79. The minimum Gasteiger partial charge on any atom is -0.396 e. The lowest BCUT2D eigenvalue weighted by molar-refractivity contribution is 0.288. The molecule has 0 aliphatic heterocycles. The third-order valence-corrected chi connectivity index (χ3v) is 3.41. The molecule has 0 bridgehead atoms. The predicted octanol–water partition coefficient (Wildman–Crippen LogP) is 2.26. The third-order valence-electron chi connectivity index (χ3n) is 2.55. The summed E-state index contributed by atoms with van der Waals surface area (Å²) in [5.74, 6) is 0. The zero-order chi connectivity index (χ0) is 12.3. The molecule has 0 amide bonds. The predicted molar refractivity (Wildman–Crippen MR) is 69.2 cm³/mol. The number of halogens is 1. The average molecular weight is 296 g/mol. The van der Waals surface area contributed by atoms with Crippen molar-refractivity contribution < 1.29 is 5.11 Å². The van der Waals surface area contributed by atoms with Crippen molar-refractivity contribution >= 4 is 15.9 Å². The van der Waals surface area contributed by atoms with Gasteiger partial charge in [0.25, 0.3) is 0 Å². The smallest absolute Gasteiger partial charge is 0.0832 e. The largest absolute Gasteiger partial charge is 0.396 e. The van der Waals surface area contributed by atoms with Crippen LogP contribution in [0.5, 0.6) is 0 Å². The van der Waals surface area contributed by atoms with Crippen LogP contribution in [0.3, 0.4) is 0 Å². The molecule has 0 unspecified atom stereocenters. The standard InChI is InChI=1S/C12H14BrN3O/c1-9-4-5-11(7-12(9)13)16-8-10(14-15-16)3-2-6-17/h4-5,7-8,17H,2-3,6H2,1H3. The SMILES string of the molecule is Cc1ccc(-n2cc(CCCO)nn2)cc1Br. The van der Waals surface area contributed by atoms with Crippen LogP contribution in [-0.2, 0) is 6.42 Å². The molecule has 5 heteroatoms. The summed E-state index contributed by atoms with van der Waals surface area (Å²) in [7, 11) is 0. The highest BCUT2D eigenvalue weighted by Gasteiger charge is 2.04. The second kappa shape index (κ2) is 5.42. The Morgan fingerprint density at radius 1 is 1.41 bits per heavy atom. The number of aromatic nitrogens is 3. The third kappa shape index (κ3) is 2.92. The van der Waals surface area contributed by atoms with Gasteiger partial charge in [-0.15, -0.1) is 5.10 Å². The van der Waals surface area contributed by atoms with Gasteiger partial charge in [0.15, 0.2) is 0 Å². The summed E-state index contributed by atoms with van der Waals surface area (Å²) in [5, 5.41) is 16.9. The second-order valence-electron chi connectivity index (χ2n) is 3.92. The van der Waals surface area contributed by atoms with Gasteiger partial charge in [0.2, 0.25) is 0 Å². The molecular formula is C12H14BrN3O. The fourth-order valence-electron chi connectivity index (χ4n) is 1.52. The Bertz CT molecular complexity index is 510. The lowest BCUT2D eigenvalue weighted by Gasteiger charge is -2.02. The summed E-state index contributed by atoms with van der Waals surface area (Å²) < 4.78 is 2.80. The first kappa shape index (κ1) is 12.3. The quantitative estimate of drug-likeness (QED) is 0.941. The number of hydrogen-bond donors (Lipinski definition) is 1. The summed E-state index contributed by atoms with van der Waals surface area (Å²) in [6, 6.07) is 6.05. The number of aliphatic hydroxyl groups excluding tert-OH is 1. The molecule has 17 heavy (non-hydrogen) atoms. The molecular weight excluding hydrogens is 282 g/mol. The molecule has 2 rings (SSSR count). The van der Waals surface area contributed by atoms with Crippen LogP contribution < -0.4 is 0 Å². The molecule has 1 aromatic heterocycles. The van der Waals surface area contributed by atoms with Gasteiger partial charge in [0, 0.05) is 11.1 Å². The Kier molecular flexibility index (Phi) is 3.91. The van der Waals surface area contributed by atoms with Gasteiger partial charge in [-0.05, 0) is 37.5 Å². The second-order valence-corrected chi connectivity index (χ2v) is 4.77. The highest BCUT2D eigenvalue weighted by atomic mass is 79.9. The van der Waals surface area contributed by atoms with E-state index in [1.165, 1.54) is 5.56 Å². The zero-order valence-corrected chi connectivity index (χ0v) is 11.2. The molecule has 0 atom stereocenters. The molecule has 0 saturated heterocycles. The van der Waals surface area contributed by atoms with Crippen molar-refractivity contribution in [2.24, 2.45) is 0 Å². The lowest BCUT2D eigenvalue weighted by Crippen LogP contribution is -1.95. The summed E-state index contributed by atoms with van der Waals surface area (Å²) >= 11 is 3.50. The molecule has 0 spiro atoms. The number of nitrogens with zero attached hydrogens (tertiary/aromatic N) is 3. The van der Waals surface area contributed by atoms with Crippen LogP contribution in [0, 0.1) is 6.92 Å². The minimum atomic E-state index is 0.183. The van der Waals surface area contributed by atoms with Crippen LogP contribution in [0.1, 0.15) is 17.7 Å². The van der Waals surface area contributed by atoms with Crippen LogP contribution in [0.25, 0.3) is 5.69 Å². The van der Waals surface area contributed by atoms with Gasteiger partial charge in [-0.3, -0.25) is 0 Å². The fraction of sp³-hybridized carbons (Fsp3) is 0.333. The van der Waals surface area contributed by atoms with Crippen molar-refractivity contribution in [1.29, 1.82) is 0 Å². The molecule has 0 aliphatic carbocycles. The van der Waals surface area contributed by atoms with Gasteiger partial charge >= 0.3 is 0 Å². The normalized spacial score (nSPS) is 10.8. The van der Waals surface area contributed by atoms with Crippen molar-refractivity contribution in [3.8, 4) is 5.69 Å². The van der Waals surface area contributed by atoms with Crippen LogP contribution >= 0.6 is 15.9 Å². The van der Waals surface area contributed by atoms with Crippen molar-refractivity contribution in [3.05, 3.63) is 40.1 Å². The molecule has 0 fully saturated rings. The summed E-state index contributed by atoms with van der Waals surface area (Å²) in [5.41, 5.74) is 3.07. The maximum absolute atomic E-state index is 8.76. The van der Waals surface area contributed by atoms with Crippen molar-refractivity contribution in [2.75, 3.05) is 6.61 Å². The van der Waals surface area contributed by atoms with Gasteiger partial charge < -0.3 is 5.11 Å². The Hall–Kier alpha value is -1.20. The van der Waals surface area contributed by atoms with E-state index < -0.39 is 0 Å². The zero-order valence-electron chi connectivity index (χ0n) is 9.60.